The molecule has 0 radical (unpaired) electrons. The fraction of sp³-hybridized carbons (Fsp3) is 0.462. The van der Waals surface area contributed by atoms with E-state index in [1.165, 1.54) is 0 Å². The van der Waals surface area contributed by atoms with Crippen molar-refractivity contribution in [2.75, 3.05) is 31.7 Å². The first-order chi connectivity index (χ1) is 9.41. The molecule has 1 fully saturated rings. The monoisotopic (exact) mass is 314 g/mol. The molecule has 0 amide bonds. The van der Waals surface area contributed by atoms with Crippen molar-refractivity contribution < 1.29 is 13.2 Å². The zero-order valence-electron chi connectivity index (χ0n) is 11.3. The summed E-state index contributed by atoms with van der Waals surface area (Å²) in [6.45, 7) is 1.82. The third-order valence-corrected chi connectivity index (χ3v) is 5.20. The van der Waals surface area contributed by atoms with Gasteiger partial charge in [0.15, 0.2) is 9.84 Å². The summed E-state index contributed by atoms with van der Waals surface area (Å²) >= 11 is 5.01. The van der Waals surface area contributed by atoms with E-state index in [9.17, 15) is 8.42 Å². The molecule has 0 bridgehead atoms. The van der Waals surface area contributed by atoms with Gasteiger partial charge in [0.2, 0.25) is 0 Å². The second-order valence-electron chi connectivity index (χ2n) is 4.83. The lowest BCUT2D eigenvalue weighted by Gasteiger charge is -2.26. The van der Waals surface area contributed by atoms with Gasteiger partial charge < -0.3 is 10.5 Å². The minimum absolute atomic E-state index is 0.227. The van der Waals surface area contributed by atoms with E-state index in [1.54, 1.807) is 7.11 Å². The highest BCUT2D eigenvalue weighted by Crippen LogP contribution is 2.21. The molecule has 110 valence electrons. The lowest BCUT2D eigenvalue weighted by molar-refractivity contribution is 0.287. The maximum atomic E-state index is 11.4. The Labute approximate surface area is 124 Å². The largest absolute Gasteiger partial charge is 0.496 e. The number of hydrogen-bond donors (Lipinski definition) is 1. The van der Waals surface area contributed by atoms with E-state index in [0.717, 1.165) is 5.56 Å². The molecule has 0 atom stereocenters. The van der Waals surface area contributed by atoms with Gasteiger partial charge in [-0.15, -0.1) is 0 Å². The van der Waals surface area contributed by atoms with Crippen molar-refractivity contribution >= 4 is 27.0 Å². The van der Waals surface area contributed by atoms with Gasteiger partial charge in [0.05, 0.1) is 24.2 Å². The van der Waals surface area contributed by atoms with Crippen LogP contribution in [0.1, 0.15) is 11.1 Å². The van der Waals surface area contributed by atoms with Crippen molar-refractivity contribution in [3.63, 3.8) is 0 Å². The molecule has 1 aromatic rings. The van der Waals surface area contributed by atoms with Crippen molar-refractivity contribution in [1.82, 2.24) is 4.90 Å². The fourth-order valence-corrected chi connectivity index (χ4v) is 3.65. The van der Waals surface area contributed by atoms with Gasteiger partial charge in [0, 0.05) is 19.6 Å². The van der Waals surface area contributed by atoms with Crippen molar-refractivity contribution in [3.05, 3.63) is 29.3 Å². The molecule has 0 aromatic heterocycles. The predicted molar refractivity (Wildman–Crippen MR) is 82.8 cm³/mol. The summed E-state index contributed by atoms with van der Waals surface area (Å²) in [6, 6.07) is 5.69. The second kappa shape index (κ2) is 6.07. The first-order valence-electron chi connectivity index (χ1n) is 6.31. The van der Waals surface area contributed by atoms with Crippen LogP contribution in [-0.2, 0) is 16.4 Å². The number of methoxy groups -OCH3 is 1. The van der Waals surface area contributed by atoms with E-state index in [1.807, 2.05) is 18.2 Å². The molecule has 0 saturated carbocycles. The Hall–Kier alpha value is -1.18. The first-order valence-corrected chi connectivity index (χ1v) is 8.54. The molecule has 1 aromatic carbocycles. The van der Waals surface area contributed by atoms with Gasteiger partial charge in [0.25, 0.3) is 0 Å². The van der Waals surface area contributed by atoms with Crippen LogP contribution in [0.25, 0.3) is 0 Å². The minimum Gasteiger partial charge on any atom is -0.496 e. The highest BCUT2D eigenvalue weighted by molar-refractivity contribution is 7.91. The van der Waals surface area contributed by atoms with Gasteiger partial charge in [-0.3, -0.25) is 4.90 Å². The van der Waals surface area contributed by atoms with E-state index >= 15 is 0 Å². The zero-order valence-corrected chi connectivity index (χ0v) is 13.0. The van der Waals surface area contributed by atoms with Gasteiger partial charge >= 0.3 is 0 Å². The molecule has 1 aliphatic rings. The Morgan fingerprint density at radius 1 is 1.40 bits per heavy atom. The first kappa shape index (κ1) is 15.2. The Balaban J connectivity index is 2.11. The molecule has 1 saturated heterocycles. The van der Waals surface area contributed by atoms with Crippen LogP contribution in [0.4, 0.5) is 0 Å². The lowest BCUT2D eigenvalue weighted by atomic mass is 10.1. The topological polar surface area (TPSA) is 72.6 Å². The molecule has 1 heterocycles. The van der Waals surface area contributed by atoms with Gasteiger partial charge in [0.1, 0.15) is 10.7 Å². The van der Waals surface area contributed by atoms with Crippen molar-refractivity contribution in [2.45, 2.75) is 6.54 Å². The molecule has 2 N–H and O–H groups in total. The van der Waals surface area contributed by atoms with Crippen LogP contribution in [0.3, 0.4) is 0 Å². The van der Waals surface area contributed by atoms with Crippen LogP contribution < -0.4 is 10.5 Å². The molecule has 0 spiro atoms. The maximum absolute atomic E-state index is 11.4. The highest BCUT2D eigenvalue weighted by atomic mass is 32.2. The minimum atomic E-state index is -2.84. The second-order valence-corrected chi connectivity index (χ2v) is 7.57. The summed E-state index contributed by atoms with van der Waals surface area (Å²) in [5.74, 6) is 1.11. The summed E-state index contributed by atoms with van der Waals surface area (Å²) in [6.07, 6.45) is 0. The van der Waals surface area contributed by atoms with Crippen molar-refractivity contribution in [1.29, 1.82) is 0 Å². The third kappa shape index (κ3) is 3.68. The molecule has 1 aliphatic heterocycles. The Kier molecular flexibility index (Phi) is 4.62. The highest BCUT2D eigenvalue weighted by Gasteiger charge is 2.21. The maximum Gasteiger partial charge on any atom is 0.152 e. The summed E-state index contributed by atoms with van der Waals surface area (Å²) in [4.78, 5) is 2.41. The number of rotatable bonds is 4. The van der Waals surface area contributed by atoms with Gasteiger partial charge in [-0.1, -0.05) is 18.3 Å². The molecular weight excluding hydrogens is 296 g/mol. The van der Waals surface area contributed by atoms with Crippen LogP contribution in [-0.4, -0.2) is 50.0 Å². The van der Waals surface area contributed by atoms with Crippen molar-refractivity contribution in [2.24, 2.45) is 5.73 Å². The Bertz CT molecular complexity index is 600. The average Bonchev–Trinajstić information content (AvgIpc) is 2.41. The third-order valence-electron chi connectivity index (χ3n) is 3.37. The number of nitrogens with two attached hydrogens (primary N) is 1. The number of nitrogens with zero attached hydrogens (tertiary/aromatic N) is 1. The Morgan fingerprint density at radius 3 is 2.60 bits per heavy atom. The van der Waals surface area contributed by atoms with E-state index in [4.69, 9.17) is 22.7 Å². The molecule has 0 aliphatic carbocycles. The summed E-state index contributed by atoms with van der Waals surface area (Å²) in [5.41, 5.74) is 7.45. The quantitative estimate of drug-likeness (QED) is 0.819. The predicted octanol–water partition coefficient (Wildman–Crippen LogP) is 0.560. The number of benzene rings is 1. The van der Waals surface area contributed by atoms with E-state index < -0.39 is 9.84 Å². The van der Waals surface area contributed by atoms with Crippen LogP contribution in [0, 0.1) is 0 Å². The number of hydrogen-bond acceptors (Lipinski definition) is 5. The summed E-state index contributed by atoms with van der Waals surface area (Å²) in [5, 5.41) is 0. The average molecular weight is 314 g/mol. The molecular formula is C13H18N2O3S2. The number of thiocarbonyl (C=S) groups is 1. The van der Waals surface area contributed by atoms with Crippen LogP contribution in [0.2, 0.25) is 0 Å². The standard InChI is InChI=1S/C13H18N2O3S2/c1-18-12-3-2-10(8-11(12)13(14)19)9-15-4-6-20(16,17)7-5-15/h2-3,8H,4-7,9H2,1H3,(H2,14,19). The molecule has 2 rings (SSSR count). The van der Waals surface area contributed by atoms with Crippen molar-refractivity contribution in [3.8, 4) is 5.75 Å². The van der Waals surface area contributed by atoms with Crippen LogP contribution in [0.15, 0.2) is 18.2 Å². The Morgan fingerprint density at radius 2 is 2.05 bits per heavy atom. The van der Waals surface area contributed by atoms with Gasteiger partial charge in [-0.05, 0) is 17.7 Å². The van der Waals surface area contributed by atoms with E-state index in [0.29, 0.717) is 35.9 Å². The summed E-state index contributed by atoms with van der Waals surface area (Å²) in [7, 11) is -1.27. The molecule has 5 nitrogen and oxygen atoms in total. The van der Waals surface area contributed by atoms with Crippen LogP contribution in [0.5, 0.6) is 5.75 Å². The molecule has 7 heteroatoms. The fourth-order valence-electron chi connectivity index (χ4n) is 2.21. The lowest BCUT2D eigenvalue weighted by Crippen LogP contribution is -2.39. The van der Waals surface area contributed by atoms with E-state index in [-0.39, 0.29) is 11.5 Å². The molecule has 20 heavy (non-hydrogen) atoms. The van der Waals surface area contributed by atoms with Gasteiger partial charge in [-0.2, -0.15) is 0 Å². The summed E-state index contributed by atoms with van der Waals surface area (Å²) < 4.78 is 28.0. The SMILES string of the molecule is COc1ccc(CN2CCS(=O)(=O)CC2)cc1C(N)=S. The van der Waals surface area contributed by atoms with Crippen LogP contribution >= 0.6 is 12.2 Å². The normalized spacial score (nSPS) is 18.6. The van der Waals surface area contributed by atoms with Gasteiger partial charge in [-0.25, -0.2) is 8.42 Å². The smallest absolute Gasteiger partial charge is 0.152 e. The van der Waals surface area contributed by atoms with E-state index in [2.05, 4.69) is 4.90 Å². The number of ether oxygens (including phenoxy) is 1. The molecule has 0 unspecified atom stereocenters. The number of sulfone groups is 1. The zero-order chi connectivity index (χ0) is 14.8.